The van der Waals surface area contributed by atoms with Crippen LogP contribution in [0.4, 0.5) is 0 Å². The molecule has 0 aromatic carbocycles. The van der Waals surface area contributed by atoms with Gasteiger partial charge in [-0.1, -0.05) is 6.42 Å². The number of rotatable bonds is 3. The average molecular weight is 209 g/mol. The fourth-order valence-electron chi connectivity index (χ4n) is 3.55. The first-order valence-electron chi connectivity index (χ1n) is 6.16. The van der Waals surface area contributed by atoms with E-state index in [1.807, 2.05) is 0 Å². The van der Waals surface area contributed by atoms with Crippen molar-refractivity contribution in [2.45, 2.75) is 32.1 Å². The van der Waals surface area contributed by atoms with Crippen LogP contribution in [0, 0.1) is 17.3 Å². The first-order chi connectivity index (χ1) is 7.21. The summed E-state index contributed by atoms with van der Waals surface area (Å²) >= 11 is 0. The van der Waals surface area contributed by atoms with Crippen LogP contribution in [0.25, 0.3) is 0 Å². The molecule has 3 heteroatoms. The molecule has 2 saturated carbocycles. The summed E-state index contributed by atoms with van der Waals surface area (Å²) in [5.74, 6) is 0.784. The molecular formula is C12H19NO2. The van der Waals surface area contributed by atoms with Gasteiger partial charge in [-0.15, -0.1) is 0 Å². The van der Waals surface area contributed by atoms with Gasteiger partial charge >= 0.3 is 5.97 Å². The zero-order chi connectivity index (χ0) is 10.5. The van der Waals surface area contributed by atoms with Gasteiger partial charge in [0.05, 0.1) is 5.41 Å². The third-order valence-electron chi connectivity index (χ3n) is 4.58. The average Bonchev–Trinajstić information content (AvgIpc) is 2.74. The topological polar surface area (TPSA) is 40.5 Å². The number of hydrogen-bond donors (Lipinski definition) is 1. The van der Waals surface area contributed by atoms with E-state index in [0.29, 0.717) is 5.92 Å². The Kier molecular flexibility index (Phi) is 2.06. The van der Waals surface area contributed by atoms with Gasteiger partial charge in [-0.2, -0.15) is 0 Å². The minimum atomic E-state index is -0.539. The minimum absolute atomic E-state index is 0.366. The van der Waals surface area contributed by atoms with Crippen molar-refractivity contribution >= 4 is 5.97 Å². The Bertz CT molecular complexity index is 287. The molecule has 2 aliphatic carbocycles. The van der Waals surface area contributed by atoms with Gasteiger partial charge in [-0.05, 0) is 37.5 Å². The van der Waals surface area contributed by atoms with E-state index in [9.17, 15) is 9.90 Å². The van der Waals surface area contributed by atoms with Crippen LogP contribution in [0.2, 0.25) is 0 Å². The maximum atomic E-state index is 11.4. The van der Waals surface area contributed by atoms with Gasteiger partial charge in [0.2, 0.25) is 0 Å². The van der Waals surface area contributed by atoms with Gasteiger partial charge in [0.15, 0.2) is 0 Å². The summed E-state index contributed by atoms with van der Waals surface area (Å²) in [4.78, 5) is 13.8. The van der Waals surface area contributed by atoms with Gasteiger partial charge in [-0.3, -0.25) is 4.79 Å². The Morgan fingerprint density at radius 3 is 2.80 bits per heavy atom. The summed E-state index contributed by atoms with van der Waals surface area (Å²) < 4.78 is 0. The van der Waals surface area contributed by atoms with E-state index in [1.54, 1.807) is 0 Å². The van der Waals surface area contributed by atoms with E-state index in [0.717, 1.165) is 44.8 Å². The van der Waals surface area contributed by atoms with E-state index in [2.05, 4.69) is 4.90 Å². The zero-order valence-electron chi connectivity index (χ0n) is 9.11. The molecule has 0 bridgehead atoms. The monoisotopic (exact) mass is 209 g/mol. The Morgan fingerprint density at radius 1 is 1.40 bits per heavy atom. The number of carbonyl (C=O) groups is 1. The lowest BCUT2D eigenvalue weighted by atomic mass is 9.81. The molecule has 1 saturated heterocycles. The van der Waals surface area contributed by atoms with Crippen molar-refractivity contribution in [3.05, 3.63) is 0 Å². The quantitative estimate of drug-likeness (QED) is 0.767. The largest absolute Gasteiger partial charge is 0.481 e. The highest BCUT2D eigenvalue weighted by atomic mass is 16.4. The number of hydrogen-bond acceptors (Lipinski definition) is 2. The van der Waals surface area contributed by atoms with Crippen LogP contribution in [-0.2, 0) is 4.79 Å². The molecule has 1 heterocycles. The van der Waals surface area contributed by atoms with E-state index in [1.165, 1.54) is 12.8 Å². The summed E-state index contributed by atoms with van der Waals surface area (Å²) in [7, 11) is 0. The number of carboxylic acid groups (broad SMARTS) is 1. The molecule has 1 N–H and O–H groups in total. The zero-order valence-corrected chi connectivity index (χ0v) is 9.11. The third-order valence-corrected chi connectivity index (χ3v) is 4.58. The van der Waals surface area contributed by atoms with Crippen molar-refractivity contribution in [3.63, 3.8) is 0 Å². The van der Waals surface area contributed by atoms with Crippen LogP contribution in [0.15, 0.2) is 0 Å². The molecular weight excluding hydrogens is 190 g/mol. The molecule has 3 rings (SSSR count). The van der Waals surface area contributed by atoms with E-state index in [4.69, 9.17) is 0 Å². The van der Waals surface area contributed by atoms with E-state index >= 15 is 0 Å². The maximum Gasteiger partial charge on any atom is 0.311 e. The van der Waals surface area contributed by atoms with Gasteiger partial charge in [0.1, 0.15) is 0 Å². The predicted octanol–water partition coefficient (Wildman–Crippen LogP) is 1.58. The molecule has 0 radical (unpaired) electrons. The minimum Gasteiger partial charge on any atom is -0.481 e. The molecule has 3 fully saturated rings. The second-order valence-corrected chi connectivity index (χ2v) is 5.69. The van der Waals surface area contributed by atoms with Gasteiger partial charge in [0, 0.05) is 19.6 Å². The summed E-state index contributed by atoms with van der Waals surface area (Å²) in [6.07, 6.45) is 5.89. The van der Waals surface area contributed by atoms with Crippen LogP contribution in [-0.4, -0.2) is 35.6 Å². The molecule has 2 atom stereocenters. The maximum absolute atomic E-state index is 11.4. The second kappa shape index (κ2) is 3.21. The van der Waals surface area contributed by atoms with Crippen molar-refractivity contribution in [2.75, 3.05) is 19.6 Å². The Hall–Kier alpha value is -0.570. The molecule has 15 heavy (non-hydrogen) atoms. The Morgan fingerprint density at radius 2 is 2.20 bits per heavy atom. The Labute approximate surface area is 90.5 Å². The lowest BCUT2D eigenvalue weighted by molar-refractivity contribution is -0.149. The number of carboxylic acids is 1. The second-order valence-electron chi connectivity index (χ2n) is 5.69. The van der Waals surface area contributed by atoms with Crippen LogP contribution >= 0.6 is 0 Å². The van der Waals surface area contributed by atoms with Crippen LogP contribution in [0.3, 0.4) is 0 Å². The van der Waals surface area contributed by atoms with Crippen LogP contribution < -0.4 is 0 Å². The van der Waals surface area contributed by atoms with Crippen LogP contribution in [0.1, 0.15) is 32.1 Å². The molecule has 0 aromatic heterocycles. The van der Waals surface area contributed by atoms with Gasteiger partial charge in [0.25, 0.3) is 0 Å². The molecule has 0 spiro atoms. The number of nitrogens with zero attached hydrogens (tertiary/aromatic N) is 1. The van der Waals surface area contributed by atoms with Gasteiger partial charge < -0.3 is 10.0 Å². The summed E-state index contributed by atoms with van der Waals surface area (Å²) in [6, 6.07) is 0. The van der Waals surface area contributed by atoms with Crippen molar-refractivity contribution in [2.24, 2.45) is 17.3 Å². The molecule has 2 unspecified atom stereocenters. The number of likely N-dealkylation sites (tertiary alicyclic amines) is 1. The predicted molar refractivity (Wildman–Crippen MR) is 56.6 cm³/mol. The normalized spacial score (nSPS) is 40.7. The van der Waals surface area contributed by atoms with Crippen LogP contribution in [0.5, 0.6) is 0 Å². The van der Waals surface area contributed by atoms with Crippen molar-refractivity contribution < 1.29 is 9.90 Å². The molecule has 3 nitrogen and oxygen atoms in total. The molecule has 0 aromatic rings. The smallest absolute Gasteiger partial charge is 0.311 e. The fourth-order valence-corrected chi connectivity index (χ4v) is 3.55. The molecule has 3 aliphatic rings. The Balaban J connectivity index is 1.72. The third kappa shape index (κ3) is 1.48. The van der Waals surface area contributed by atoms with Crippen molar-refractivity contribution in [3.8, 4) is 0 Å². The fraction of sp³-hybridized carbons (Fsp3) is 0.917. The first kappa shape index (κ1) is 9.64. The highest BCUT2D eigenvalue weighted by molar-refractivity contribution is 5.76. The highest BCUT2D eigenvalue weighted by Crippen LogP contribution is 2.49. The van der Waals surface area contributed by atoms with Crippen molar-refractivity contribution in [1.29, 1.82) is 0 Å². The first-order valence-corrected chi connectivity index (χ1v) is 6.16. The van der Waals surface area contributed by atoms with E-state index < -0.39 is 5.97 Å². The number of fused-ring (bicyclic) bond motifs is 1. The van der Waals surface area contributed by atoms with E-state index in [-0.39, 0.29) is 5.41 Å². The standard InChI is InChI=1S/C12H19NO2/c14-11(15)12-5-1-2-10(12)7-13(8-12)6-9-3-4-9/h9-10H,1-8H2,(H,14,15). The summed E-state index contributed by atoms with van der Waals surface area (Å²) in [6.45, 7) is 3.03. The lowest BCUT2D eigenvalue weighted by Gasteiger charge is -2.23. The molecule has 0 amide bonds. The summed E-state index contributed by atoms with van der Waals surface area (Å²) in [5, 5.41) is 9.42. The van der Waals surface area contributed by atoms with Crippen molar-refractivity contribution in [1.82, 2.24) is 4.90 Å². The van der Waals surface area contributed by atoms with Gasteiger partial charge in [-0.25, -0.2) is 0 Å². The summed E-state index contributed by atoms with van der Waals surface area (Å²) in [5.41, 5.74) is -0.366. The number of aliphatic carboxylic acids is 1. The molecule has 1 aliphatic heterocycles. The molecule has 84 valence electrons. The lowest BCUT2D eigenvalue weighted by Crippen LogP contribution is -2.36. The SMILES string of the molecule is O=C(O)C12CCCC1CN(CC1CC1)C2. The highest BCUT2D eigenvalue weighted by Gasteiger charge is 2.54.